The van der Waals surface area contributed by atoms with Crippen molar-refractivity contribution in [1.82, 2.24) is 5.32 Å². The van der Waals surface area contributed by atoms with E-state index in [1.807, 2.05) is 18.2 Å². The van der Waals surface area contributed by atoms with Gasteiger partial charge in [-0.3, -0.25) is 0 Å². The number of halogens is 2. The van der Waals surface area contributed by atoms with Gasteiger partial charge in [-0.05, 0) is 47.3 Å². The fourth-order valence-corrected chi connectivity index (χ4v) is 2.35. The summed E-state index contributed by atoms with van der Waals surface area (Å²) in [5, 5.41) is 4.66. The Morgan fingerprint density at radius 3 is 2.26 bits per heavy atom. The summed E-state index contributed by atoms with van der Waals surface area (Å²) in [6, 6.07) is 11.8. The van der Waals surface area contributed by atoms with E-state index in [1.54, 1.807) is 6.07 Å². The molecule has 19 heavy (non-hydrogen) atoms. The Kier molecular flexibility index (Phi) is 4.92. The maximum atomic E-state index is 5.92. The highest BCUT2D eigenvalue weighted by Crippen LogP contribution is 2.24. The molecule has 0 radical (unpaired) electrons. The third-order valence-electron chi connectivity index (χ3n) is 3.02. The van der Waals surface area contributed by atoms with Crippen molar-refractivity contribution in [2.75, 3.05) is 0 Å². The summed E-state index contributed by atoms with van der Waals surface area (Å²) < 4.78 is 5.35. The summed E-state index contributed by atoms with van der Waals surface area (Å²) in [5.74, 6) is 1.30. The van der Waals surface area contributed by atoms with Crippen molar-refractivity contribution in [3.05, 3.63) is 58.0 Å². The predicted molar refractivity (Wildman–Crippen MR) is 79.6 cm³/mol. The van der Waals surface area contributed by atoms with E-state index in [0.29, 0.717) is 17.7 Å². The fourth-order valence-electron chi connectivity index (χ4n) is 2.07. The minimum atomic E-state index is 0.251. The smallest absolute Gasteiger partial charge is 0.193 e. The Morgan fingerprint density at radius 1 is 1.05 bits per heavy atom. The molecule has 1 atom stereocenters. The van der Waals surface area contributed by atoms with E-state index in [2.05, 4.69) is 31.3 Å². The van der Waals surface area contributed by atoms with Crippen molar-refractivity contribution in [1.29, 1.82) is 0 Å². The van der Waals surface area contributed by atoms with Crippen LogP contribution in [0.1, 0.15) is 31.2 Å². The van der Waals surface area contributed by atoms with E-state index in [9.17, 15) is 0 Å². The Labute approximate surface area is 123 Å². The van der Waals surface area contributed by atoms with Crippen molar-refractivity contribution < 1.29 is 4.42 Å². The lowest BCUT2D eigenvalue weighted by Crippen LogP contribution is -2.25. The van der Waals surface area contributed by atoms with Gasteiger partial charge in [0.2, 0.25) is 0 Å². The molecule has 1 unspecified atom stereocenters. The van der Waals surface area contributed by atoms with Crippen molar-refractivity contribution in [2.45, 2.75) is 26.4 Å². The molecule has 0 amide bonds. The summed E-state index contributed by atoms with van der Waals surface area (Å²) in [5.41, 5.74) is 1.22. The lowest BCUT2D eigenvalue weighted by molar-refractivity contribution is 0.384. The average molecular weight is 298 g/mol. The molecular formula is C15H17Cl2NO. The van der Waals surface area contributed by atoms with Gasteiger partial charge in [-0.25, -0.2) is 0 Å². The zero-order valence-corrected chi connectivity index (χ0v) is 12.5. The molecule has 1 aromatic heterocycles. The van der Waals surface area contributed by atoms with Crippen LogP contribution in [0, 0.1) is 5.92 Å². The minimum Gasteiger partial charge on any atom is -0.448 e. The van der Waals surface area contributed by atoms with E-state index in [-0.39, 0.29) is 6.04 Å². The Morgan fingerprint density at radius 2 is 1.74 bits per heavy atom. The van der Waals surface area contributed by atoms with Crippen molar-refractivity contribution in [2.24, 2.45) is 5.92 Å². The SMILES string of the molecule is CC(C)C(NCc1ccc(Cl)o1)c1ccc(Cl)cc1. The molecule has 2 rings (SSSR count). The fraction of sp³-hybridized carbons (Fsp3) is 0.333. The van der Waals surface area contributed by atoms with E-state index in [0.717, 1.165) is 10.8 Å². The highest BCUT2D eigenvalue weighted by Gasteiger charge is 2.15. The lowest BCUT2D eigenvalue weighted by atomic mass is 9.96. The first-order valence-electron chi connectivity index (χ1n) is 6.29. The van der Waals surface area contributed by atoms with Crippen LogP contribution < -0.4 is 5.32 Å². The lowest BCUT2D eigenvalue weighted by Gasteiger charge is -2.22. The minimum absolute atomic E-state index is 0.251. The number of furan rings is 1. The maximum absolute atomic E-state index is 5.92. The van der Waals surface area contributed by atoms with Gasteiger partial charge in [0.1, 0.15) is 5.76 Å². The van der Waals surface area contributed by atoms with Crippen molar-refractivity contribution in [3.8, 4) is 0 Å². The van der Waals surface area contributed by atoms with Crippen molar-refractivity contribution >= 4 is 23.2 Å². The number of hydrogen-bond donors (Lipinski definition) is 1. The van der Waals surface area contributed by atoms with Crippen molar-refractivity contribution in [3.63, 3.8) is 0 Å². The summed E-state index contributed by atoms with van der Waals surface area (Å²) in [6.07, 6.45) is 0. The topological polar surface area (TPSA) is 25.2 Å². The third kappa shape index (κ3) is 4.00. The molecule has 0 saturated heterocycles. The van der Waals surface area contributed by atoms with Crippen LogP contribution in [0.2, 0.25) is 10.2 Å². The normalized spacial score (nSPS) is 12.9. The monoisotopic (exact) mass is 297 g/mol. The molecular weight excluding hydrogens is 281 g/mol. The van der Waals surface area contributed by atoms with Crippen LogP contribution in [0.4, 0.5) is 0 Å². The first kappa shape index (κ1) is 14.4. The largest absolute Gasteiger partial charge is 0.448 e. The van der Waals surface area contributed by atoms with Gasteiger partial charge < -0.3 is 9.73 Å². The quantitative estimate of drug-likeness (QED) is 0.833. The summed E-state index contributed by atoms with van der Waals surface area (Å²) >= 11 is 11.7. The van der Waals surface area contributed by atoms with Gasteiger partial charge in [0.05, 0.1) is 6.54 Å². The van der Waals surface area contributed by atoms with Crippen LogP contribution in [0.15, 0.2) is 40.8 Å². The molecule has 0 saturated carbocycles. The standard InChI is InChI=1S/C15H17Cl2NO/c1-10(2)15(11-3-5-12(16)6-4-11)18-9-13-7-8-14(17)19-13/h3-8,10,15,18H,9H2,1-2H3. The second-order valence-corrected chi connectivity index (χ2v) is 5.67. The Balaban J connectivity index is 2.06. The third-order valence-corrected chi connectivity index (χ3v) is 3.48. The van der Waals surface area contributed by atoms with Crippen LogP contribution in [0.25, 0.3) is 0 Å². The molecule has 0 aliphatic heterocycles. The molecule has 0 bridgehead atoms. The van der Waals surface area contributed by atoms with Crippen LogP contribution in [0.5, 0.6) is 0 Å². The predicted octanol–water partition coefficient (Wildman–Crippen LogP) is 5.07. The Bertz CT molecular complexity index is 519. The zero-order chi connectivity index (χ0) is 13.8. The molecule has 102 valence electrons. The number of hydrogen-bond acceptors (Lipinski definition) is 2. The van der Waals surface area contributed by atoms with Gasteiger partial charge in [0.25, 0.3) is 0 Å². The van der Waals surface area contributed by atoms with Gasteiger partial charge >= 0.3 is 0 Å². The number of rotatable bonds is 5. The molecule has 0 fully saturated rings. The summed E-state index contributed by atoms with van der Waals surface area (Å²) in [7, 11) is 0. The molecule has 0 spiro atoms. The molecule has 0 aliphatic carbocycles. The summed E-state index contributed by atoms with van der Waals surface area (Å²) in [4.78, 5) is 0. The van der Waals surface area contributed by atoms with Gasteiger partial charge in [-0.15, -0.1) is 0 Å². The summed E-state index contributed by atoms with van der Waals surface area (Å²) in [6.45, 7) is 5.01. The molecule has 4 heteroatoms. The maximum Gasteiger partial charge on any atom is 0.193 e. The molecule has 2 nitrogen and oxygen atoms in total. The van der Waals surface area contributed by atoms with Gasteiger partial charge in [-0.1, -0.05) is 37.6 Å². The molecule has 1 N–H and O–H groups in total. The highest BCUT2D eigenvalue weighted by molar-refractivity contribution is 6.30. The van der Waals surface area contributed by atoms with E-state index in [4.69, 9.17) is 27.6 Å². The number of benzene rings is 1. The number of nitrogens with one attached hydrogen (secondary N) is 1. The molecule has 0 aliphatic rings. The van der Waals surface area contributed by atoms with Crippen LogP contribution >= 0.6 is 23.2 Å². The zero-order valence-electron chi connectivity index (χ0n) is 11.0. The highest BCUT2D eigenvalue weighted by atomic mass is 35.5. The second kappa shape index (κ2) is 6.47. The van der Waals surface area contributed by atoms with Crippen LogP contribution in [0.3, 0.4) is 0 Å². The first-order valence-corrected chi connectivity index (χ1v) is 7.05. The molecule has 2 aromatic rings. The molecule has 1 heterocycles. The average Bonchev–Trinajstić information content (AvgIpc) is 2.77. The van der Waals surface area contributed by atoms with E-state index >= 15 is 0 Å². The van der Waals surface area contributed by atoms with Gasteiger partial charge in [0, 0.05) is 11.1 Å². The second-order valence-electron chi connectivity index (χ2n) is 4.86. The first-order chi connectivity index (χ1) is 9.06. The van der Waals surface area contributed by atoms with Gasteiger partial charge in [0.15, 0.2) is 5.22 Å². The van der Waals surface area contributed by atoms with E-state index in [1.165, 1.54) is 5.56 Å². The molecule has 1 aromatic carbocycles. The Hall–Kier alpha value is -0.960. The van der Waals surface area contributed by atoms with E-state index < -0.39 is 0 Å². The van der Waals surface area contributed by atoms with Crippen LogP contribution in [-0.4, -0.2) is 0 Å². The van der Waals surface area contributed by atoms with Crippen LogP contribution in [-0.2, 0) is 6.54 Å². The van der Waals surface area contributed by atoms with Gasteiger partial charge in [-0.2, -0.15) is 0 Å².